The van der Waals surface area contributed by atoms with Crippen LogP contribution in [-0.2, 0) is 4.79 Å². The smallest absolute Gasteiger partial charge is 0.207 e. The van der Waals surface area contributed by atoms with Crippen LogP contribution in [0.2, 0.25) is 0 Å². The average molecular weight is 151 g/mol. The molecule has 1 amide bonds. The minimum absolute atomic E-state index is 0.286. The Morgan fingerprint density at radius 1 is 1.56 bits per heavy atom. The molecule has 0 aliphatic rings. The maximum absolute atomic E-state index is 11.4. The molecule has 0 aromatic heterocycles. The van der Waals surface area contributed by atoms with Gasteiger partial charge in [-0.25, -0.2) is 0 Å². The minimum Gasteiger partial charge on any atom is -0.358 e. The van der Waals surface area contributed by atoms with Crippen molar-refractivity contribution >= 4 is 18.2 Å². The minimum atomic E-state index is -0.286. The number of rotatable bonds is 6. The van der Waals surface area contributed by atoms with Gasteiger partial charge in [-0.05, 0) is 0 Å². The van der Waals surface area contributed by atoms with Crippen LogP contribution in [0, 0.1) is 0 Å². The topological polar surface area (TPSA) is 29.1 Å². The molecule has 54 valence electrons. The molecule has 0 aliphatic carbocycles. The van der Waals surface area contributed by atoms with Gasteiger partial charge in [0.15, 0.2) is 0 Å². The predicted octanol–water partition coefficient (Wildman–Crippen LogP) is 0.435. The zero-order valence-electron chi connectivity index (χ0n) is 5.10. The molecule has 0 fully saturated rings. The highest BCUT2D eigenvalue weighted by Crippen LogP contribution is 1.96. The van der Waals surface area contributed by atoms with E-state index in [4.69, 9.17) is 0 Å². The lowest BCUT2D eigenvalue weighted by atomic mass is 10.8. The van der Waals surface area contributed by atoms with Gasteiger partial charge >= 0.3 is 0 Å². The first-order valence-electron chi connectivity index (χ1n) is 2.72. The summed E-state index contributed by atoms with van der Waals surface area (Å²) in [5.74, 6) is 1.32. The van der Waals surface area contributed by atoms with Crippen LogP contribution in [0.25, 0.3) is 0 Å². The third kappa shape index (κ3) is 7.75. The summed E-state index contributed by atoms with van der Waals surface area (Å²) in [5.41, 5.74) is 0. The van der Waals surface area contributed by atoms with E-state index in [1.54, 1.807) is 0 Å². The van der Waals surface area contributed by atoms with Crippen LogP contribution in [0.5, 0.6) is 0 Å². The molecule has 0 unspecified atom stereocenters. The van der Waals surface area contributed by atoms with Crippen LogP contribution in [-0.4, -0.2) is 31.1 Å². The summed E-state index contributed by atoms with van der Waals surface area (Å²) in [7, 11) is 0. The lowest BCUT2D eigenvalue weighted by Crippen LogP contribution is -2.14. The van der Waals surface area contributed by atoms with Gasteiger partial charge in [0.2, 0.25) is 6.41 Å². The SMILES string of the molecule is O=CNCCSCCF. The van der Waals surface area contributed by atoms with Crippen molar-refractivity contribution in [2.75, 3.05) is 24.7 Å². The highest BCUT2D eigenvalue weighted by molar-refractivity contribution is 7.99. The number of hydrogen-bond acceptors (Lipinski definition) is 2. The maximum Gasteiger partial charge on any atom is 0.207 e. The summed E-state index contributed by atoms with van der Waals surface area (Å²) in [6.45, 7) is 0.347. The van der Waals surface area contributed by atoms with Crippen LogP contribution in [0.1, 0.15) is 0 Å². The first-order valence-corrected chi connectivity index (χ1v) is 3.88. The van der Waals surface area contributed by atoms with Gasteiger partial charge in [-0.15, -0.1) is 0 Å². The molecule has 0 aliphatic heterocycles. The van der Waals surface area contributed by atoms with Crippen LogP contribution in [0.4, 0.5) is 4.39 Å². The fraction of sp³-hybridized carbons (Fsp3) is 0.800. The second-order valence-corrected chi connectivity index (χ2v) is 2.60. The van der Waals surface area contributed by atoms with E-state index in [1.165, 1.54) is 11.8 Å². The third-order valence-corrected chi connectivity index (χ3v) is 1.63. The Hall–Kier alpha value is -0.250. The van der Waals surface area contributed by atoms with Crippen molar-refractivity contribution < 1.29 is 9.18 Å². The Labute approximate surface area is 58.2 Å². The molecule has 1 N–H and O–H groups in total. The van der Waals surface area contributed by atoms with Gasteiger partial charge in [-0.3, -0.25) is 9.18 Å². The Morgan fingerprint density at radius 3 is 2.89 bits per heavy atom. The van der Waals surface area contributed by atoms with E-state index in [0.717, 1.165) is 5.75 Å². The molecule has 9 heavy (non-hydrogen) atoms. The summed E-state index contributed by atoms with van der Waals surface area (Å²) >= 11 is 1.50. The van der Waals surface area contributed by atoms with Crippen molar-refractivity contribution in [1.82, 2.24) is 5.32 Å². The first kappa shape index (κ1) is 8.75. The van der Waals surface area contributed by atoms with E-state index < -0.39 is 0 Å². The van der Waals surface area contributed by atoms with Gasteiger partial charge in [-0.1, -0.05) is 0 Å². The number of hydrogen-bond donors (Lipinski definition) is 1. The highest BCUT2D eigenvalue weighted by Gasteiger charge is 1.85. The Morgan fingerprint density at radius 2 is 2.33 bits per heavy atom. The molecule has 0 spiro atoms. The quantitative estimate of drug-likeness (QED) is 0.440. The van der Waals surface area contributed by atoms with E-state index in [9.17, 15) is 9.18 Å². The molecule has 2 nitrogen and oxygen atoms in total. The van der Waals surface area contributed by atoms with E-state index in [0.29, 0.717) is 18.7 Å². The van der Waals surface area contributed by atoms with Crippen molar-refractivity contribution in [3.05, 3.63) is 0 Å². The zero-order valence-corrected chi connectivity index (χ0v) is 5.92. The van der Waals surface area contributed by atoms with Crippen molar-refractivity contribution in [2.45, 2.75) is 0 Å². The lowest BCUT2D eigenvalue weighted by molar-refractivity contribution is -0.109. The largest absolute Gasteiger partial charge is 0.358 e. The molecule has 0 aromatic rings. The number of thioether (sulfide) groups is 1. The monoisotopic (exact) mass is 151 g/mol. The van der Waals surface area contributed by atoms with Gasteiger partial charge in [0.1, 0.15) is 0 Å². The molecule has 0 saturated heterocycles. The fourth-order valence-electron chi connectivity index (χ4n) is 0.347. The van der Waals surface area contributed by atoms with E-state index in [-0.39, 0.29) is 6.67 Å². The lowest BCUT2D eigenvalue weighted by Gasteiger charge is -1.95. The van der Waals surface area contributed by atoms with Crippen molar-refractivity contribution in [2.24, 2.45) is 0 Å². The number of alkyl halides is 1. The molecule has 4 heteroatoms. The van der Waals surface area contributed by atoms with E-state index in [2.05, 4.69) is 5.32 Å². The number of amides is 1. The van der Waals surface area contributed by atoms with E-state index >= 15 is 0 Å². The first-order chi connectivity index (χ1) is 4.41. The number of carbonyl (C=O) groups is 1. The Balaban J connectivity index is 2.66. The highest BCUT2D eigenvalue weighted by atomic mass is 32.2. The second-order valence-electron chi connectivity index (χ2n) is 1.37. The number of halogens is 1. The van der Waals surface area contributed by atoms with Crippen LogP contribution < -0.4 is 5.32 Å². The van der Waals surface area contributed by atoms with Gasteiger partial charge in [0.25, 0.3) is 0 Å². The molecule has 0 saturated carbocycles. The molecule has 0 aromatic carbocycles. The second kappa shape index (κ2) is 7.75. The summed E-state index contributed by atoms with van der Waals surface area (Å²) in [6, 6.07) is 0. The molecule has 0 atom stereocenters. The third-order valence-electron chi connectivity index (χ3n) is 0.696. The molecule has 0 heterocycles. The molecule has 0 rings (SSSR count). The van der Waals surface area contributed by atoms with Crippen LogP contribution in [0.3, 0.4) is 0 Å². The van der Waals surface area contributed by atoms with Crippen LogP contribution >= 0.6 is 11.8 Å². The summed E-state index contributed by atoms with van der Waals surface area (Å²) in [6.07, 6.45) is 0.649. The van der Waals surface area contributed by atoms with Gasteiger partial charge in [0, 0.05) is 18.1 Å². The van der Waals surface area contributed by atoms with Gasteiger partial charge in [0.05, 0.1) is 6.67 Å². The van der Waals surface area contributed by atoms with Crippen molar-refractivity contribution in [1.29, 1.82) is 0 Å². The maximum atomic E-state index is 11.4. The van der Waals surface area contributed by atoms with E-state index in [1.807, 2.05) is 0 Å². The fourth-order valence-corrected chi connectivity index (χ4v) is 0.922. The molecular weight excluding hydrogens is 141 g/mol. The summed E-state index contributed by atoms with van der Waals surface area (Å²) in [5, 5.41) is 2.48. The molecular formula is C5H10FNOS. The number of nitrogens with one attached hydrogen (secondary N) is 1. The predicted molar refractivity (Wildman–Crippen MR) is 37.4 cm³/mol. The zero-order chi connectivity index (χ0) is 6.95. The number of carbonyl (C=O) groups excluding carboxylic acids is 1. The average Bonchev–Trinajstić information content (AvgIpc) is 1.89. The van der Waals surface area contributed by atoms with Crippen LogP contribution in [0.15, 0.2) is 0 Å². The van der Waals surface area contributed by atoms with Crippen molar-refractivity contribution in [3.63, 3.8) is 0 Å². The molecule has 0 radical (unpaired) electrons. The molecule has 0 bridgehead atoms. The van der Waals surface area contributed by atoms with Gasteiger partial charge in [-0.2, -0.15) is 11.8 Å². The Bertz CT molecular complexity index is 72.0. The standard InChI is InChI=1S/C5H10FNOS/c6-1-3-9-4-2-7-5-8/h5H,1-4H2,(H,7,8). The summed E-state index contributed by atoms with van der Waals surface area (Å²) < 4.78 is 11.4. The van der Waals surface area contributed by atoms with Crippen molar-refractivity contribution in [3.8, 4) is 0 Å². The Kier molecular flexibility index (Phi) is 7.53. The summed E-state index contributed by atoms with van der Waals surface area (Å²) in [4.78, 5) is 9.64. The van der Waals surface area contributed by atoms with Gasteiger partial charge < -0.3 is 5.32 Å². The normalized spacial score (nSPS) is 9.00.